The van der Waals surface area contributed by atoms with Crippen molar-refractivity contribution >= 4 is 21.7 Å². The van der Waals surface area contributed by atoms with Gasteiger partial charge in [-0.1, -0.05) is 19.9 Å². The molecule has 2 heterocycles. The number of carbonyl (C=O) groups is 1. The average molecular weight is 447 g/mol. The lowest BCUT2D eigenvalue weighted by Crippen LogP contribution is -2.31. The van der Waals surface area contributed by atoms with E-state index in [2.05, 4.69) is 15.2 Å². The Bertz CT molecular complexity index is 999. The number of rotatable bonds is 9. The second kappa shape index (κ2) is 10.1. The number of nitrogens with zero attached hydrogens (tertiary/aromatic N) is 3. The van der Waals surface area contributed by atoms with Crippen molar-refractivity contribution in [3.8, 4) is 5.75 Å². The topological polar surface area (TPSA) is 91.8 Å². The van der Waals surface area contributed by atoms with Crippen LogP contribution in [0.2, 0.25) is 0 Å². The minimum absolute atomic E-state index is 0.0111. The van der Waals surface area contributed by atoms with Crippen LogP contribution >= 0.6 is 0 Å². The predicted molar refractivity (Wildman–Crippen MR) is 120 cm³/mol. The zero-order valence-electron chi connectivity index (χ0n) is 18.3. The molecule has 0 radical (unpaired) electrons. The Morgan fingerprint density at radius 2 is 1.87 bits per heavy atom. The van der Waals surface area contributed by atoms with E-state index >= 15 is 0 Å². The normalized spacial score (nSPS) is 14.1. The highest BCUT2D eigenvalue weighted by atomic mass is 32.2. The summed E-state index contributed by atoms with van der Waals surface area (Å²) < 4.78 is 32.5. The van der Waals surface area contributed by atoms with Crippen LogP contribution in [0.5, 0.6) is 5.75 Å². The van der Waals surface area contributed by atoms with E-state index in [4.69, 9.17) is 4.74 Å². The number of hydrogen-bond acceptors (Lipinski definition) is 6. The molecule has 168 valence electrons. The number of nitrogens with one attached hydrogen (secondary N) is 1. The fraction of sp³-hybridized carbons (Fsp3) is 0.455. The van der Waals surface area contributed by atoms with E-state index in [0.717, 1.165) is 24.5 Å². The maximum atomic E-state index is 13.0. The largest absolute Gasteiger partial charge is 0.495 e. The molecule has 1 aliphatic rings. The first kappa shape index (κ1) is 23.0. The molecule has 0 saturated carbocycles. The Hall–Kier alpha value is -2.65. The van der Waals surface area contributed by atoms with Crippen LogP contribution in [0.25, 0.3) is 0 Å². The van der Waals surface area contributed by atoms with Gasteiger partial charge in [0.25, 0.3) is 5.91 Å². The second-order valence-electron chi connectivity index (χ2n) is 7.36. The maximum Gasteiger partial charge on any atom is 0.251 e. The van der Waals surface area contributed by atoms with Crippen molar-refractivity contribution in [1.29, 1.82) is 0 Å². The first-order valence-corrected chi connectivity index (χ1v) is 12.0. The summed E-state index contributed by atoms with van der Waals surface area (Å²) in [4.78, 5) is 19.4. The smallest absolute Gasteiger partial charge is 0.251 e. The molecule has 1 amide bonds. The zero-order chi connectivity index (χ0) is 22.4. The summed E-state index contributed by atoms with van der Waals surface area (Å²) in [6, 6.07) is 8.36. The van der Waals surface area contributed by atoms with Gasteiger partial charge in [0.15, 0.2) is 0 Å². The van der Waals surface area contributed by atoms with Crippen LogP contribution in [0, 0.1) is 0 Å². The lowest BCUT2D eigenvalue weighted by molar-refractivity contribution is 0.0950. The number of pyridine rings is 1. The van der Waals surface area contributed by atoms with Crippen molar-refractivity contribution < 1.29 is 17.9 Å². The van der Waals surface area contributed by atoms with Crippen LogP contribution in [0.3, 0.4) is 0 Å². The van der Waals surface area contributed by atoms with Crippen molar-refractivity contribution in [3.63, 3.8) is 0 Å². The molecule has 1 aromatic heterocycles. The first-order chi connectivity index (χ1) is 14.9. The molecule has 1 aliphatic heterocycles. The molecule has 0 aliphatic carbocycles. The highest BCUT2D eigenvalue weighted by Gasteiger charge is 2.26. The van der Waals surface area contributed by atoms with E-state index in [1.54, 1.807) is 26.1 Å². The Balaban J connectivity index is 1.73. The number of benzene rings is 1. The predicted octanol–water partition coefficient (Wildman–Crippen LogP) is 2.65. The molecule has 1 fully saturated rings. The van der Waals surface area contributed by atoms with Gasteiger partial charge >= 0.3 is 0 Å². The third-order valence-electron chi connectivity index (χ3n) is 5.44. The standard InChI is InChI=1S/C22H30N4O4S/c1-4-26(5-2)31(28,29)20-14-18(9-10-19(20)30-3)22(27)24-16-17-8-11-21(23-15-17)25-12-6-7-13-25/h8-11,14-15H,4-7,12-13,16H2,1-3H3,(H,24,27). The van der Waals surface area contributed by atoms with E-state index in [9.17, 15) is 13.2 Å². The first-order valence-electron chi connectivity index (χ1n) is 10.6. The van der Waals surface area contributed by atoms with Gasteiger partial charge in [-0.2, -0.15) is 4.31 Å². The molecule has 9 heteroatoms. The number of aromatic nitrogens is 1. The van der Waals surface area contributed by atoms with Crippen LogP contribution in [-0.4, -0.2) is 56.9 Å². The number of methoxy groups -OCH3 is 1. The summed E-state index contributed by atoms with van der Waals surface area (Å²) in [6.45, 7) is 6.56. The Kier molecular flexibility index (Phi) is 7.50. The second-order valence-corrected chi connectivity index (χ2v) is 9.26. The minimum atomic E-state index is -3.77. The van der Waals surface area contributed by atoms with E-state index in [-0.39, 0.29) is 22.1 Å². The molecular weight excluding hydrogens is 416 g/mol. The monoisotopic (exact) mass is 446 g/mol. The molecule has 1 N–H and O–H groups in total. The van der Waals surface area contributed by atoms with Crippen LogP contribution in [0.15, 0.2) is 41.4 Å². The fourth-order valence-electron chi connectivity index (χ4n) is 3.66. The summed E-state index contributed by atoms with van der Waals surface area (Å²) in [7, 11) is -2.35. The number of sulfonamides is 1. The highest BCUT2D eigenvalue weighted by molar-refractivity contribution is 7.89. The molecule has 8 nitrogen and oxygen atoms in total. The molecule has 1 aromatic carbocycles. The van der Waals surface area contributed by atoms with Crippen LogP contribution in [-0.2, 0) is 16.6 Å². The number of amides is 1. The van der Waals surface area contributed by atoms with Crippen molar-refractivity contribution in [2.45, 2.75) is 38.1 Å². The van der Waals surface area contributed by atoms with Crippen molar-refractivity contribution in [2.75, 3.05) is 38.2 Å². The van der Waals surface area contributed by atoms with Crippen LogP contribution in [0.4, 0.5) is 5.82 Å². The molecule has 1 saturated heterocycles. The molecular formula is C22H30N4O4S. The van der Waals surface area contributed by atoms with Crippen LogP contribution in [0.1, 0.15) is 42.6 Å². The van der Waals surface area contributed by atoms with Crippen molar-refractivity contribution in [2.24, 2.45) is 0 Å². The van der Waals surface area contributed by atoms with Gasteiger partial charge in [0.2, 0.25) is 10.0 Å². The minimum Gasteiger partial charge on any atom is -0.495 e. The van der Waals surface area contributed by atoms with Gasteiger partial charge in [-0.05, 0) is 42.7 Å². The van der Waals surface area contributed by atoms with Gasteiger partial charge in [0, 0.05) is 44.5 Å². The third kappa shape index (κ3) is 5.16. The summed E-state index contributed by atoms with van der Waals surface area (Å²) >= 11 is 0. The van der Waals surface area contributed by atoms with Gasteiger partial charge in [0.1, 0.15) is 16.5 Å². The van der Waals surface area contributed by atoms with Gasteiger partial charge in [-0.25, -0.2) is 13.4 Å². The Labute approximate surface area is 184 Å². The molecule has 0 spiro atoms. The number of anilines is 1. The van der Waals surface area contributed by atoms with E-state index in [0.29, 0.717) is 19.6 Å². The molecule has 0 bridgehead atoms. The average Bonchev–Trinajstić information content (AvgIpc) is 3.33. The Morgan fingerprint density at radius 1 is 1.16 bits per heavy atom. The van der Waals surface area contributed by atoms with Gasteiger partial charge in [0.05, 0.1) is 7.11 Å². The highest BCUT2D eigenvalue weighted by Crippen LogP contribution is 2.28. The van der Waals surface area contributed by atoms with Crippen molar-refractivity contribution in [3.05, 3.63) is 47.7 Å². The molecule has 31 heavy (non-hydrogen) atoms. The molecule has 3 rings (SSSR count). The number of ether oxygens (including phenoxy) is 1. The SMILES string of the molecule is CCN(CC)S(=O)(=O)c1cc(C(=O)NCc2ccc(N3CCCC3)nc2)ccc1OC. The maximum absolute atomic E-state index is 13.0. The Morgan fingerprint density at radius 3 is 2.45 bits per heavy atom. The third-order valence-corrected chi connectivity index (χ3v) is 7.51. The lowest BCUT2D eigenvalue weighted by atomic mass is 10.2. The lowest BCUT2D eigenvalue weighted by Gasteiger charge is -2.20. The van der Waals surface area contributed by atoms with Gasteiger partial charge < -0.3 is 15.0 Å². The van der Waals surface area contributed by atoms with E-state index in [1.807, 2.05) is 12.1 Å². The molecule has 2 aromatic rings. The van der Waals surface area contributed by atoms with Crippen LogP contribution < -0.4 is 15.0 Å². The quantitative estimate of drug-likeness (QED) is 0.637. The van der Waals surface area contributed by atoms with Gasteiger partial charge in [-0.3, -0.25) is 4.79 Å². The summed E-state index contributed by atoms with van der Waals surface area (Å²) in [5, 5.41) is 2.84. The van der Waals surface area contributed by atoms with E-state index in [1.165, 1.54) is 36.4 Å². The molecule has 0 unspecified atom stereocenters. The summed E-state index contributed by atoms with van der Waals surface area (Å²) in [6.07, 6.45) is 4.14. The fourth-order valence-corrected chi connectivity index (χ4v) is 5.30. The summed E-state index contributed by atoms with van der Waals surface area (Å²) in [5.41, 5.74) is 1.13. The van der Waals surface area contributed by atoms with Crippen molar-refractivity contribution in [1.82, 2.24) is 14.6 Å². The number of carbonyl (C=O) groups excluding carboxylic acids is 1. The summed E-state index contributed by atoms with van der Waals surface area (Å²) in [5.74, 6) is 0.807. The molecule has 0 atom stereocenters. The van der Waals surface area contributed by atoms with Gasteiger partial charge in [-0.15, -0.1) is 0 Å². The van der Waals surface area contributed by atoms with E-state index < -0.39 is 10.0 Å². The zero-order valence-corrected chi connectivity index (χ0v) is 19.1. The number of hydrogen-bond donors (Lipinski definition) is 1.